The van der Waals surface area contributed by atoms with Gasteiger partial charge < -0.3 is 14.4 Å². The van der Waals surface area contributed by atoms with Crippen LogP contribution in [0.1, 0.15) is 5.56 Å². The van der Waals surface area contributed by atoms with Crippen LogP contribution in [0.5, 0.6) is 5.75 Å². The maximum absolute atomic E-state index is 10.4. The van der Waals surface area contributed by atoms with Gasteiger partial charge in [0.25, 0.3) is 0 Å². The molecule has 7 nitrogen and oxygen atoms in total. The Morgan fingerprint density at radius 2 is 1.71 bits per heavy atom. The summed E-state index contributed by atoms with van der Waals surface area (Å²) in [7, 11) is -4.59. The molecule has 0 atom stereocenters. The van der Waals surface area contributed by atoms with Crippen molar-refractivity contribution in [2.45, 2.75) is 0 Å². The number of aliphatic hydroxyl groups is 1. The lowest BCUT2D eigenvalue weighted by Crippen LogP contribution is -2.06. The topological polar surface area (TPSA) is 121 Å². The van der Waals surface area contributed by atoms with Crippen LogP contribution in [0.3, 0.4) is 0 Å². The van der Waals surface area contributed by atoms with Crippen molar-refractivity contribution in [3.63, 3.8) is 0 Å². The predicted molar refractivity (Wildman–Crippen MR) is 56.9 cm³/mol. The van der Waals surface area contributed by atoms with Crippen LogP contribution < -0.4 is 4.18 Å². The van der Waals surface area contributed by atoms with Crippen LogP contribution >= 0.6 is 0 Å². The summed E-state index contributed by atoms with van der Waals surface area (Å²) < 4.78 is 33.2. The largest absolute Gasteiger partial charge is 0.502 e. The van der Waals surface area contributed by atoms with Crippen molar-refractivity contribution in [3.05, 3.63) is 35.6 Å². The SMILES string of the molecule is O=C(O)/C(O)=C/c1ccc(OS(=O)(=O)O)cc1. The number of hydrogen-bond donors (Lipinski definition) is 3. The zero-order valence-corrected chi connectivity index (χ0v) is 9.09. The number of benzene rings is 1. The quantitative estimate of drug-likeness (QED) is 0.417. The number of carboxylic acid groups (broad SMARTS) is 1. The number of carboxylic acids is 1. The van der Waals surface area contributed by atoms with E-state index in [0.717, 1.165) is 6.08 Å². The fourth-order valence-electron chi connectivity index (χ4n) is 0.961. The van der Waals surface area contributed by atoms with E-state index < -0.39 is 22.1 Å². The third kappa shape index (κ3) is 4.53. The van der Waals surface area contributed by atoms with Crippen LogP contribution in [0, 0.1) is 0 Å². The lowest BCUT2D eigenvalue weighted by Gasteiger charge is -2.01. The second-order valence-corrected chi connectivity index (χ2v) is 3.94. The summed E-state index contributed by atoms with van der Waals surface area (Å²) in [5.41, 5.74) is 0.326. The zero-order chi connectivity index (χ0) is 13.1. The molecule has 0 aromatic heterocycles. The summed E-state index contributed by atoms with van der Waals surface area (Å²) in [6, 6.07) is 4.99. The highest BCUT2D eigenvalue weighted by Gasteiger charge is 2.07. The third-order valence-corrected chi connectivity index (χ3v) is 2.01. The van der Waals surface area contributed by atoms with Gasteiger partial charge in [-0.25, -0.2) is 4.79 Å². The Morgan fingerprint density at radius 1 is 1.18 bits per heavy atom. The van der Waals surface area contributed by atoms with E-state index in [1.54, 1.807) is 0 Å². The average Bonchev–Trinajstić information content (AvgIpc) is 2.18. The molecule has 0 amide bonds. The second kappa shape index (κ2) is 4.85. The van der Waals surface area contributed by atoms with E-state index >= 15 is 0 Å². The van der Waals surface area contributed by atoms with E-state index in [1.807, 2.05) is 0 Å². The van der Waals surface area contributed by atoms with Crippen LogP contribution in [0.4, 0.5) is 0 Å². The molecule has 1 aromatic rings. The summed E-state index contributed by atoms with van der Waals surface area (Å²) in [6.07, 6.45) is 0.972. The van der Waals surface area contributed by atoms with E-state index in [4.69, 9.17) is 14.8 Å². The standard InChI is InChI=1S/C9H8O7S/c10-8(9(11)12)5-6-1-3-7(4-2-6)16-17(13,14)15/h1-5,10H,(H,11,12)(H,13,14,15)/b8-5-. The van der Waals surface area contributed by atoms with Crippen LogP contribution in [0.15, 0.2) is 30.0 Å². The first-order valence-corrected chi connectivity index (χ1v) is 5.55. The summed E-state index contributed by atoms with van der Waals surface area (Å²) in [5, 5.41) is 17.3. The van der Waals surface area contributed by atoms with Crippen LogP contribution in [0.25, 0.3) is 6.08 Å². The van der Waals surface area contributed by atoms with Gasteiger partial charge in [-0.1, -0.05) is 12.1 Å². The highest BCUT2D eigenvalue weighted by molar-refractivity contribution is 7.81. The van der Waals surface area contributed by atoms with Gasteiger partial charge in [0.1, 0.15) is 5.75 Å². The summed E-state index contributed by atoms with van der Waals surface area (Å²) in [6.45, 7) is 0. The van der Waals surface area contributed by atoms with Crippen LogP contribution in [-0.4, -0.2) is 29.2 Å². The summed E-state index contributed by atoms with van der Waals surface area (Å²) in [5.74, 6) is -2.48. The van der Waals surface area contributed by atoms with E-state index in [2.05, 4.69) is 4.18 Å². The Bertz CT molecular complexity index is 541. The molecule has 0 fully saturated rings. The predicted octanol–water partition coefficient (Wildman–Crippen LogP) is 0.852. The molecule has 0 saturated carbocycles. The van der Waals surface area contributed by atoms with Gasteiger partial charge in [0.2, 0.25) is 5.76 Å². The molecule has 8 heteroatoms. The maximum Gasteiger partial charge on any atom is 0.446 e. The minimum atomic E-state index is -4.59. The molecule has 0 aliphatic carbocycles. The summed E-state index contributed by atoms with van der Waals surface area (Å²) >= 11 is 0. The molecule has 92 valence electrons. The number of aliphatic carboxylic acids is 1. The Morgan fingerprint density at radius 3 is 2.12 bits per heavy atom. The van der Waals surface area contributed by atoms with Crippen molar-refractivity contribution < 1.29 is 32.2 Å². The number of carbonyl (C=O) groups is 1. The van der Waals surface area contributed by atoms with Crippen LogP contribution in [-0.2, 0) is 15.2 Å². The molecule has 1 aromatic carbocycles. The van der Waals surface area contributed by atoms with Gasteiger partial charge >= 0.3 is 16.4 Å². The van der Waals surface area contributed by atoms with Gasteiger partial charge in [0.15, 0.2) is 0 Å². The second-order valence-electron chi connectivity index (χ2n) is 2.91. The van der Waals surface area contributed by atoms with Gasteiger partial charge in [-0.3, -0.25) is 4.55 Å². The van der Waals surface area contributed by atoms with Gasteiger partial charge in [-0.15, -0.1) is 0 Å². The lowest BCUT2D eigenvalue weighted by molar-refractivity contribution is -0.135. The van der Waals surface area contributed by atoms with E-state index in [1.165, 1.54) is 24.3 Å². The Balaban J connectivity index is 2.89. The van der Waals surface area contributed by atoms with Crippen molar-refractivity contribution in [2.24, 2.45) is 0 Å². The molecule has 0 aliphatic rings. The van der Waals surface area contributed by atoms with E-state index in [-0.39, 0.29) is 5.75 Å². The maximum atomic E-state index is 10.4. The fraction of sp³-hybridized carbons (Fsp3) is 0. The first-order chi connectivity index (χ1) is 7.78. The van der Waals surface area contributed by atoms with Crippen molar-refractivity contribution >= 4 is 22.4 Å². The molecule has 3 N–H and O–H groups in total. The molecular formula is C9H8O7S. The van der Waals surface area contributed by atoms with Crippen molar-refractivity contribution in [3.8, 4) is 5.75 Å². The lowest BCUT2D eigenvalue weighted by atomic mass is 10.2. The van der Waals surface area contributed by atoms with E-state index in [0.29, 0.717) is 5.56 Å². The summed E-state index contributed by atoms with van der Waals surface area (Å²) in [4.78, 5) is 10.3. The molecule has 0 bridgehead atoms. The van der Waals surface area contributed by atoms with Gasteiger partial charge in [-0.05, 0) is 23.8 Å². The monoisotopic (exact) mass is 260 g/mol. The van der Waals surface area contributed by atoms with Crippen molar-refractivity contribution in [1.82, 2.24) is 0 Å². The fourth-order valence-corrected chi connectivity index (χ4v) is 1.32. The number of aliphatic hydroxyl groups excluding tert-OH is 1. The molecule has 1 rings (SSSR count). The third-order valence-electron chi connectivity index (χ3n) is 1.60. The van der Waals surface area contributed by atoms with Crippen LogP contribution in [0.2, 0.25) is 0 Å². The normalized spacial score (nSPS) is 12.2. The van der Waals surface area contributed by atoms with Gasteiger partial charge in [-0.2, -0.15) is 8.42 Å². The highest BCUT2D eigenvalue weighted by atomic mass is 32.3. The van der Waals surface area contributed by atoms with Crippen molar-refractivity contribution in [1.29, 1.82) is 0 Å². The number of hydrogen-bond acceptors (Lipinski definition) is 5. The molecule has 0 radical (unpaired) electrons. The number of rotatable bonds is 4. The Labute approximate surface area is 96.5 Å². The highest BCUT2D eigenvalue weighted by Crippen LogP contribution is 2.15. The first-order valence-electron chi connectivity index (χ1n) is 4.19. The minimum absolute atomic E-state index is 0.139. The molecule has 0 aliphatic heterocycles. The molecule has 0 unspecified atom stereocenters. The van der Waals surface area contributed by atoms with Gasteiger partial charge in [0, 0.05) is 0 Å². The minimum Gasteiger partial charge on any atom is -0.502 e. The Hall–Kier alpha value is -2.06. The van der Waals surface area contributed by atoms with E-state index in [9.17, 15) is 13.2 Å². The Kier molecular flexibility index (Phi) is 3.71. The molecule has 0 heterocycles. The van der Waals surface area contributed by atoms with Crippen molar-refractivity contribution in [2.75, 3.05) is 0 Å². The zero-order valence-electron chi connectivity index (χ0n) is 8.27. The first kappa shape index (κ1) is 13.0. The molecule has 0 saturated heterocycles. The van der Waals surface area contributed by atoms with Gasteiger partial charge in [0.05, 0.1) is 0 Å². The molecule has 0 spiro atoms. The average molecular weight is 260 g/mol. The molecule has 17 heavy (non-hydrogen) atoms. The molecular weight excluding hydrogens is 252 g/mol. The smallest absolute Gasteiger partial charge is 0.446 e.